The number of carbonyl (C=O) groups is 2. The van der Waals surface area contributed by atoms with Gasteiger partial charge in [0.05, 0.1) is 29.7 Å². The van der Waals surface area contributed by atoms with Gasteiger partial charge >= 0.3 is 0 Å². The van der Waals surface area contributed by atoms with Crippen molar-refractivity contribution in [2.75, 3.05) is 42.9 Å². The maximum Gasteiger partial charge on any atom is 0.237 e. The van der Waals surface area contributed by atoms with E-state index in [0.29, 0.717) is 19.1 Å². The van der Waals surface area contributed by atoms with E-state index in [1.165, 1.54) is 5.69 Å². The van der Waals surface area contributed by atoms with Crippen molar-refractivity contribution >= 4 is 34.1 Å². The molecule has 2 amide bonds. The Labute approximate surface area is 261 Å². The number of anilines is 2. The van der Waals surface area contributed by atoms with Crippen LogP contribution in [0.4, 0.5) is 11.4 Å². The van der Waals surface area contributed by atoms with Gasteiger partial charge in [0.1, 0.15) is 0 Å². The van der Waals surface area contributed by atoms with E-state index in [4.69, 9.17) is 0 Å². The molecule has 45 heavy (non-hydrogen) atoms. The minimum atomic E-state index is -0.152. The first-order valence-corrected chi connectivity index (χ1v) is 15.6. The van der Waals surface area contributed by atoms with E-state index >= 15 is 0 Å². The zero-order chi connectivity index (χ0) is 30.3. The molecule has 2 aromatic heterocycles. The van der Waals surface area contributed by atoms with Gasteiger partial charge in [0, 0.05) is 66.0 Å². The average molecular weight is 599 g/mol. The maximum atomic E-state index is 13.4. The molecule has 0 unspecified atom stereocenters. The van der Waals surface area contributed by atoms with E-state index in [0.717, 1.165) is 71.7 Å². The van der Waals surface area contributed by atoms with Crippen LogP contribution in [0.5, 0.6) is 0 Å². The highest BCUT2D eigenvalue weighted by Crippen LogP contribution is 2.36. The maximum absolute atomic E-state index is 13.4. The van der Waals surface area contributed by atoms with Crippen molar-refractivity contribution in [2.45, 2.75) is 24.9 Å². The first-order valence-electron chi connectivity index (χ1n) is 15.6. The lowest BCUT2D eigenvalue weighted by Gasteiger charge is -2.36. The van der Waals surface area contributed by atoms with Crippen LogP contribution in [0.1, 0.15) is 12.8 Å². The summed E-state index contributed by atoms with van der Waals surface area (Å²) in [5.74, 6) is 0.730. The Morgan fingerprint density at radius 3 is 2.47 bits per heavy atom. The van der Waals surface area contributed by atoms with E-state index in [2.05, 4.69) is 64.4 Å². The van der Waals surface area contributed by atoms with Crippen LogP contribution in [0, 0.1) is 5.92 Å². The van der Waals surface area contributed by atoms with Crippen LogP contribution in [-0.2, 0) is 9.59 Å². The van der Waals surface area contributed by atoms with Crippen LogP contribution in [0.3, 0.4) is 0 Å². The molecule has 3 aliphatic heterocycles. The second-order valence-corrected chi connectivity index (χ2v) is 12.3. The van der Waals surface area contributed by atoms with Gasteiger partial charge in [-0.25, -0.2) is 9.97 Å². The number of rotatable bonds is 7. The molecule has 0 spiro atoms. The Morgan fingerprint density at radius 2 is 1.69 bits per heavy atom. The molecular formula is C35H34N8O2. The van der Waals surface area contributed by atoms with E-state index < -0.39 is 0 Å². The Kier molecular flexibility index (Phi) is 6.98. The Balaban J connectivity index is 0.849. The molecule has 0 aliphatic carbocycles. The Morgan fingerprint density at radius 1 is 0.867 bits per heavy atom. The van der Waals surface area contributed by atoms with Crippen LogP contribution in [0.15, 0.2) is 91.3 Å². The van der Waals surface area contributed by atoms with Gasteiger partial charge in [-0.2, -0.15) is 5.10 Å². The quantitative estimate of drug-likeness (QED) is 0.285. The fourth-order valence-corrected chi connectivity index (χ4v) is 7.16. The number of likely N-dealkylation sites (tertiary alicyclic amines) is 2. The second kappa shape index (κ2) is 11.4. The lowest BCUT2D eigenvalue weighted by molar-refractivity contribution is -0.133. The summed E-state index contributed by atoms with van der Waals surface area (Å²) in [6.45, 7) is 3.28. The molecule has 10 heteroatoms. The van der Waals surface area contributed by atoms with Crippen LogP contribution in [0.2, 0.25) is 0 Å². The lowest BCUT2D eigenvalue weighted by Crippen LogP contribution is -2.51. The zero-order valence-corrected chi connectivity index (χ0v) is 24.8. The second-order valence-electron chi connectivity index (χ2n) is 12.3. The fourth-order valence-electron chi connectivity index (χ4n) is 7.16. The van der Waals surface area contributed by atoms with Crippen LogP contribution < -0.4 is 10.2 Å². The molecule has 3 aliphatic rings. The molecule has 2 N–H and O–H groups in total. The molecule has 5 aromatic rings. The number of aromatic amines is 1. The van der Waals surface area contributed by atoms with Gasteiger partial charge in [-0.3, -0.25) is 19.6 Å². The van der Waals surface area contributed by atoms with Gasteiger partial charge in [0.25, 0.3) is 0 Å². The summed E-state index contributed by atoms with van der Waals surface area (Å²) >= 11 is 0. The number of benzene rings is 3. The number of aromatic nitrogens is 4. The van der Waals surface area contributed by atoms with Gasteiger partial charge in [0.2, 0.25) is 11.8 Å². The average Bonchev–Trinajstić information content (AvgIpc) is 3.90. The van der Waals surface area contributed by atoms with Crippen molar-refractivity contribution in [3.05, 3.63) is 91.3 Å². The van der Waals surface area contributed by atoms with Crippen molar-refractivity contribution in [3.63, 3.8) is 0 Å². The molecule has 3 saturated heterocycles. The third-order valence-electron chi connectivity index (χ3n) is 9.46. The molecule has 5 heterocycles. The molecule has 0 radical (unpaired) electrons. The largest absolute Gasteiger partial charge is 0.365 e. The number of H-pyrrole nitrogens is 1. The highest BCUT2D eigenvalue weighted by atomic mass is 16.2. The predicted molar refractivity (Wildman–Crippen MR) is 173 cm³/mol. The molecule has 0 saturated carbocycles. The van der Waals surface area contributed by atoms with Crippen molar-refractivity contribution in [2.24, 2.45) is 5.92 Å². The highest BCUT2D eigenvalue weighted by molar-refractivity contribution is 5.99. The summed E-state index contributed by atoms with van der Waals surface area (Å²) in [6.07, 6.45) is 5.24. The van der Waals surface area contributed by atoms with Gasteiger partial charge < -0.3 is 15.1 Å². The minimum Gasteiger partial charge on any atom is -0.365 e. The van der Waals surface area contributed by atoms with Gasteiger partial charge in [-0.05, 0) is 67.9 Å². The number of hydrogen-bond acceptors (Lipinski definition) is 7. The molecule has 10 nitrogen and oxygen atoms in total. The SMILES string of the molecule is O=C(Nc1ccc2[nH]nc(-c3ccccc3)c2c1)[C@@H]1CCN(CC(=O)N2C[C@@H]3C[C@H]2CN3c2ccc(-c3ncccn3)cc2)C1. The first kappa shape index (κ1) is 27.5. The third-order valence-corrected chi connectivity index (χ3v) is 9.46. The summed E-state index contributed by atoms with van der Waals surface area (Å²) in [5, 5.41) is 11.7. The van der Waals surface area contributed by atoms with Gasteiger partial charge in [-0.15, -0.1) is 0 Å². The number of hydrogen-bond donors (Lipinski definition) is 2. The number of piperazine rings is 1. The zero-order valence-electron chi connectivity index (χ0n) is 24.8. The number of nitrogens with one attached hydrogen (secondary N) is 2. The normalized spacial score (nSPS) is 21.1. The van der Waals surface area contributed by atoms with E-state index in [1.54, 1.807) is 12.4 Å². The van der Waals surface area contributed by atoms with E-state index in [9.17, 15) is 9.59 Å². The van der Waals surface area contributed by atoms with Gasteiger partial charge in [-0.1, -0.05) is 30.3 Å². The standard InChI is InChI=1S/C35H34N8O2/c44-32(43-21-28-18-29(43)20-42(28)27-10-7-24(8-11-27)34-36-14-4-15-37-34)22-41-16-13-25(19-41)35(45)38-26-9-12-31-30(17-26)33(40-39-31)23-5-2-1-3-6-23/h1-12,14-15,17,25,28-29H,13,16,18-22H2,(H,38,45)(H,39,40)/t25-,28+,29+/m1/s1. The molecule has 2 bridgehead atoms. The molecule has 3 fully saturated rings. The lowest BCUT2D eigenvalue weighted by atomic mass is 10.1. The topological polar surface area (TPSA) is 110 Å². The molecular weight excluding hydrogens is 564 g/mol. The monoisotopic (exact) mass is 598 g/mol. The summed E-state index contributed by atoms with van der Waals surface area (Å²) in [6, 6.07) is 26.6. The van der Waals surface area contributed by atoms with Crippen molar-refractivity contribution in [3.8, 4) is 22.6 Å². The minimum absolute atomic E-state index is 0.00484. The van der Waals surface area contributed by atoms with Gasteiger partial charge in [0.15, 0.2) is 5.82 Å². The first-order chi connectivity index (χ1) is 22.1. The number of carbonyl (C=O) groups excluding carboxylic acids is 2. The molecule has 3 aromatic carbocycles. The number of amides is 2. The summed E-state index contributed by atoms with van der Waals surface area (Å²) < 4.78 is 0. The number of nitrogens with zero attached hydrogens (tertiary/aromatic N) is 6. The predicted octanol–water partition coefficient (Wildman–Crippen LogP) is 4.44. The third kappa shape index (κ3) is 5.31. The van der Waals surface area contributed by atoms with Crippen molar-refractivity contribution < 1.29 is 9.59 Å². The van der Waals surface area contributed by atoms with E-state index in [-0.39, 0.29) is 23.8 Å². The van der Waals surface area contributed by atoms with Crippen molar-refractivity contribution in [1.29, 1.82) is 0 Å². The number of fused-ring (bicyclic) bond motifs is 3. The highest BCUT2D eigenvalue weighted by Gasteiger charge is 2.45. The summed E-state index contributed by atoms with van der Waals surface area (Å²) in [7, 11) is 0. The molecule has 3 atom stereocenters. The van der Waals surface area contributed by atoms with E-state index in [1.807, 2.05) is 54.6 Å². The Bertz CT molecular complexity index is 1840. The summed E-state index contributed by atoms with van der Waals surface area (Å²) in [5.41, 5.74) is 5.73. The molecule has 8 rings (SSSR count). The molecule has 226 valence electrons. The van der Waals surface area contributed by atoms with Crippen molar-refractivity contribution in [1.82, 2.24) is 30.0 Å². The fraction of sp³-hybridized carbons (Fsp3) is 0.286. The smallest absolute Gasteiger partial charge is 0.237 e. The van der Waals surface area contributed by atoms with Crippen LogP contribution in [-0.4, -0.2) is 86.6 Å². The van der Waals surface area contributed by atoms with Crippen LogP contribution >= 0.6 is 0 Å². The van der Waals surface area contributed by atoms with Crippen LogP contribution in [0.25, 0.3) is 33.5 Å². The Hall–Kier alpha value is -5.09. The summed E-state index contributed by atoms with van der Waals surface area (Å²) in [4.78, 5) is 41.9.